The number of amides is 1. The fraction of sp³-hybridized carbons (Fsp3) is 0.125. The van der Waals surface area contributed by atoms with E-state index in [1.165, 1.54) is 6.07 Å². The van der Waals surface area contributed by atoms with Crippen molar-refractivity contribution in [1.29, 1.82) is 0 Å². The average molecular weight is 336 g/mol. The highest BCUT2D eigenvalue weighted by molar-refractivity contribution is 7.20. The van der Waals surface area contributed by atoms with Gasteiger partial charge in [0.25, 0.3) is 5.91 Å². The highest BCUT2D eigenvalue weighted by Crippen LogP contribution is 2.33. The van der Waals surface area contributed by atoms with E-state index < -0.39 is 17.6 Å². The molecule has 23 heavy (non-hydrogen) atoms. The minimum absolute atomic E-state index is 0.125. The number of alkyl halides is 3. The second-order valence-electron chi connectivity index (χ2n) is 5.02. The molecule has 118 valence electrons. The van der Waals surface area contributed by atoms with Gasteiger partial charge in [-0.1, -0.05) is 17.7 Å². The van der Waals surface area contributed by atoms with Gasteiger partial charge in [-0.2, -0.15) is 13.2 Å². The Labute approximate surface area is 133 Å². The van der Waals surface area contributed by atoms with E-state index in [0.717, 1.165) is 29.0 Å². The van der Waals surface area contributed by atoms with Crippen molar-refractivity contribution in [1.82, 2.24) is 4.98 Å². The second kappa shape index (κ2) is 5.66. The molecule has 0 radical (unpaired) electrons. The van der Waals surface area contributed by atoms with Crippen LogP contribution in [-0.2, 0) is 6.18 Å². The molecule has 0 saturated carbocycles. The molecule has 0 saturated heterocycles. The molecular formula is C16H11F3N2OS. The monoisotopic (exact) mass is 336 g/mol. The molecule has 0 bridgehead atoms. The third-order valence-electron chi connectivity index (χ3n) is 3.22. The lowest BCUT2D eigenvalue weighted by atomic mass is 10.2. The zero-order valence-corrected chi connectivity index (χ0v) is 12.8. The molecule has 3 rings (SSSR count). The Morgan fingerprint density at radius 1 is 1.13 bits per heavy atom. The number of nitrogens with zero attached hydrogens (tertiary/aromatic N) is 1. The van der Waals surface area contributed by atoms with Crippen LogP contribution in [0.4, 0.5) is 18.9 Å². The largest absolute Gasteiger partial charge is 0.416 e. The number of aryl methyl sites for hydroxylation is 1. The first kappa shape index (κ1) is 15.5. The fourth-order valence-corrected chi connectivity index (χ4v) is 2.86. The van der Waals surface area contributed by atoms with E-state index in [-0.39, 0.29) is 10.5 Å². The molecule has 0 aliphatic heterocycles. The van der Waals surface area contributed by atoms with Crippen LogP contribution in [0.1, 0.15) is 20.9 Å². The van der Waals surface area contributed by atoms with Crippen LogP contribution >= 0.6 is 11.3 Å². The summed E-state index contributed by atoms with van der Waals surface area (Å²) in [6, 6.07) is 10.5. The number of carbonyl (C=O) groups is 1. The number of aromatic nitrogens is 1. The number of benzene rings is 2. The Morgan fingerprint density at radius 2 is 1.83 bits per heavy atom. The minimum atomic E-state index is -4.43. The van der Waals surface area contributed by atoms with E-state index in [4.69, 9.17) is 0 Å². The summed E-state index contributed by atoms with van der Waals surface area (Å²) in [5, 5.41) is 2.80. The quantitative estimate of drug-likeness (QED) is 0.725. The van der Waals surface area contributed by atoms with Gasteiger partial charge in [0, 0.05) is 5.69 Å². The Hall–Kier alpha value is -2.41. The van der Waals surface area contributed by atoms with E-state index in [1.54, 1.807) is 12.1 Å². The van der Waals surface area contributed by atoms with Gasteiger partial charge in [-0.05, 0) is 37.3 Å². The normalized spacial score (nSPS) is 11.7. The highest BCUT2D eigenvalue weighted by atomic mass is 32.1. The van der Waals surface area contributed by atoms with Gasteiger partial charge in [0.05, 0.1) is 15.8 Å². The average Bonchev–Trinajstić information content (AvgIpc) is 2.92. The Kier molecular flexibility index (Phi) is 3.81. The molecule has 7 heteroatoms. The third-order valence-corrected chi connectivity index (χ3v) is 4.25. The van der Waals surface area contributed by atoms with Gasteiger partial charge in [0.2, 0.25) is 0 Å². The molecule has 0 aliphatic carbocycles. The van der Waals surface area contributed by atoms with Crippen molar-refractivity contribution in [3.63, 3.8) is 0 Å². The molecule has 1 heterocycles. The first-order valence-corrected chi connectivity index (χ1v) is 7.50. The summed E-state index contributed by atoms with van der Waals surface area (Å²) in [6.07, 6.45) is -4.43. The molecule has 1 N–H and O–H groups in total. The number of hydrogen-bond acceptors (Lipinski definition) is 3. The predicted octanol–water partition coefficient (Wildman–Crippen LogP) is 4.88. The van der Waals surface area contributed by atoms with Crippen molar-refractivity contribution < 1.29 is 18.0 Å². The standard InChI is InChI=1S/C16H11F3N2OS/c1-9-2-5-11(6-3-9)20-14(22)15-21-12-8-10(16(17,18)19)4-7-13(12)23-15/h2-8H,1H3,(H,20,22). The molecule has 1 amide bonds. The maximum absolute atomic E-state index is 12.7. The summed E-state index contributed by atoms with van der Waals surface area (Å²) in [6.45, 7) is 1.93. The van der Waals surface area contributed by atoms with E-state index in [1.807, 2.05) is 19.1 Å². The van der Waals surface area contributed by atoms with E-state index in [2.05, 4.69) is 10.3 Å². The van der Waals surface area contributed by atoms with Crippen LogP contribution in [0.25, 0.3) is 10.2 Å². The van der Waals surface area contributed by atoms with Crippen LogP contribution in [0.2, 0.25) is 0 Å². The minimum Gasteiger partial charge on any atom is -0.320 e. The van der Waals surface area contributed by atoms with Gasteiger partial charge in [0.15, 0.2) is 5.01 Å². The van der Waals surface area contributed by atoms with Crippen LogP contribution in [-0.4, -0.2) is 10.9 Å². The van der Waals surface area contributed by atoms with Gasteiger partial charge < -0.3 is 5.32 Å². The lowest BCUT2D eigenvalue weighted by molar-refractivity contribution is -0.137. The van der Waals surface area contributed by atoms with Gasteiger partial charge in [-0.3, -0.25) is 4.79 Å². The zero-order chi connectivity index (χ0) is 16.6. The predicted molar refractivity (Wildman–Crippen MR) is 83.8 cm³/mol. The van der Waals surface area contributed by atoms with Crippen LogP contribution in [0.15, 0.2) is 42.5 Å². The van der Waals surface area contributed by atoms with Crippen LogP contribution in [0.5, 0.6) is 0 Å². The number of carbonyl (C=O) groups excluding carboxylic acids is 1. The van der Waals surface area contributed by atoms with Crippen LogP contribution in [0, 0.1) is 6.92 Å². The first-order chi connectivity index (χ1) is 10.8. The van der Waals surface area contributed by atoms with Crippen molar-refractivity contribution in [2.24, 2.45) is 0 Å². The molecule has 0 aliphatic rings. The van der Waals surface area contributed by atoms with E-state index >= 15 is 0 Å². The van der Waals surface area contributed by atoms with E-state index in [9.17, 15) is 18.0 Å². The summed E-state index contributed by atoms with van der Waals surface area (Å²) in [4.78, 5) is 16.2. The van der Waals surface area contributed by atoms with Gasteiger partial charge in [-0.15, -0.1) is 11.3 Å². The summed E-state index contributed by atoms with van der Waals surface area (Å²) < 4.78 is 38.6. The van der Waals surface area contributed by atoms with Crippen molar-refractivity contribution in [3.8, 4) is 0 Å². The van der Waals surface area contributed by atoms with Crippen molar-refractivity contribution in [2.45, 2.75) is 13.1 Å². The van der Waals surface area contributed by atoms with Gasteiger partial charge >= 0.3 is 6.18 Å². The molecule has 0 atom stereocenters. The molecule has 2 aromatic carbocycles. The molecule has 1 aromatic heterocycles. The summed E-state index contributed by atoms with van der Waals surface area (Å²) in [5.74, 6) is -0.441. The summed E-state index contributed by atoms with van der Waals surface area (Å²) in [7, 11) is 0. The smallest absolute Gasteiger partial charge is 0.320 e. The van der Waals surface area contributed by atoms with Gasteiger partial charge in [-0.25, -0.2) is 4.98 Å². The maximum Gasteiger partial charge on any atom is 0.416 e. The lowest BCUT2D eigenvalue weighted by Gasteiger charge is -2.04. The molecule has 0 fully saturated rings. The Bertz CT molecular complexity index is 869. The van der Waals surface area contributed by atoms with Crippen molar-refractivity contribution in [3.05, 3.63) is 58.6 Å². The number of anilines is 1. The summed E-state index contributed by atoms with van der Waals surface area (Å²) in [5.41, 5.74) is 1.05. The number of fused-ring (bicyclic) bond motifs is 1. The molecule has 3 nitrogen and oxygen atoms in total. The number of nitrogens with one attached hydrogen (secondary N) is 1. The second-order valence-corrected chi connectivity index (χ2v) is 6.05. The van der Waals surface area contributed by atoms with Crippen molar-refractivity contribution >= 4 is 33.1 Å². The highest BCUT2D eigenvalue weighted by Gasteiger charge is 2.31. The number of rotatable bonds is 2. The number of thiazole rings is 1. The summed E-state index contributed by atoms with van der Waals surface area (Å²) >= 11 is 1.06. The van der Waals surface area contributed by atoms with Crippen molar-refractivity contribution in [2.75, 3.05) is 5.32 Å². The maximum atomic E-state index is 12.7. The van der Waals surface area contributed by atoms with E-state index in [0.29, 0.717) is 10.4 Å². The molecule has 0 unspecified atom stereocenters. The zero-order valence-electron chi connectivity index (χ0n) is 11.9. The lowest BCUT2D eigenvalue weighted by Crippen LogP contribution is -2.11. The third kappa shape index (κ3) is 3.34. The first-order valence-electron chi connectivity index (χ1n) is 6.69. The fourth-order valence-electron chi connectivity index (χ4n) is 2.02. The molecule has 0 spiro atoms. The van der Waals surface area contributed by atoms with Crippen LogP contribution < -0.4 is 5.32 Å². The number of halogens is 3. The Balaban J connectivity index is 1.87. The number of hydrogen-bond donors (Lipinski definition) is 1. The Morgan fingerprint density at radius 3 is 2.48 bits per heavy atom. The molecule has 3 aromatic rings. The SMILES string of the molecule is Cc1ccc(NC(=O)c2nc3cc(C(F)(F)F)ccc3s2)cc1. The van der Waals surface area contributed by atoms with Crippen LogP contribution in [0.3, 0.4) is 0 Å². The topological polar surface area (TPSA) is 42.0 Å². The van der Waals surface area contributed by atoms with Gasteiger partial charge in [0.1, 0.15) is 0 Å². The molecular weight excluding hydrogens is 325 g/mol.